The van der Waals surface area contributed by atoms with Gasteiger partial charge in [0.2, 0.25) is 0 Å². The number of carboxylic acids is 1. The lowest BCUT2D eigenvalue weighted by Gasteiger charge is -2.07. The first-order valence-corrected chi connectivity index (χ1v) is 6.81. The van der Waals surface area contributed by atoms with E-state index in [0.717, 1.165) is 30.1 Å². The van der Waals surface area contributed by atoms with Crippen molar-refractivity contribution in [1.29, 1.82) is 0 Å². The lowest BCUT2D eigenvalue weighted by Crippen LogP contribution is -2.01. The number of hydrogen-bond donors (Lipinski definition) is 1. The van der Waals surface area contributed by atoms with Crippen molar-refractivity contribution in [2.24, 2.45) is 0 Å². The summed E-state index contributed by atoms with van der Waals surface area (Å²) in [6.07, 6.45) is 1.02. The van der Waals surface area contributed by atoms with E-state index in [1.165, 1.54) is 7.11 Å². The summed E-state index contributed by atoms with van der Waals surface area (Å²) in [6.45, 7) is 0.772. The molecule has 5 heteroatoms. The van der Waals surface area contributed by atoms with Gasteiger partial charge in [0.05, 0.1) is 7.11 Å². The maximum atomic E-state index is 10.9. The van der Waals surface area contributed by atoms with Crippen LogP contribution in [0, 0.1) is 0 Å². The van der Waals surface area contributed by atoms with Crippen LogP contribution in [0.15, 0.2) is 18.2 Å². The van der Waals surface area contributed by atoms with Gasteiger partial charge in [-0.3, -0.25) is 0 Å². The van der Waals surface area contributed by atoms with E-state index in [9.17, 15) is 4.79 Å². The molecule has 0 aliphatic carbocycles. The third-order valence-corrected chi connectivity index (χ3v) is 3.52. The lowest BCUT2D eigenvalue weighted by atomic mass is 10.1. The molecule has 0 aliphatic heterocycles. The zero-order valence-electron chi connectivity index (χ0n) is 10.6. The predicted octanol–water partition coefficient (Wildman–Crippen LogP) is 2.66. The van der Waals surface area contributed by atoms with Crippen molar-refractivity contribution >= 4 is 17.7 Å². The third kappa shape index (κ3) is 4.58. The van der Waals surface area contributed by atoms with Crippen molar-refractivity contribution in [3.05, 3.63) is 29.3 Å². The highest BCUT2D eigenvalue weighted by atomic mass is 32.2. The summed E-state index contributed by atoms with van der Waals surface area (Å²) < 4.78 is 10.1. The Kier molecular flexibility index (Phi) is 6.60. The summed E-state index contributed by atoms with van der Waals surface area (Å²) in [5, 5.41) is 8.96. The predicted molar refractivity (Wildman–Crippen MR) is 72.6 cm³/mol. The standard InChI is InChI=1S/C13H18O4S/c1-16-6-3-7-18-9-10-4-5-11(13(14)15)12(8-10)17-2/h4-5,8H,3,6-7,9H2,1-2H3,(H,14,15). The average molecular weight is 270 g/mol. The fourth-order valence-electron chi connectivity index (χ4n) is 1.50. The normalized spacial score (nSPS) is 10.3. The number of rotatable bonds is 8. The van der Waals surface area contributed by atoms with E-state index in [2.05, 4.69) is 0 Å². The molecule has 0 bridgehead atoms. The van der Waals surface area contributed by atoms with Crippen molar-refractivity contribution in [2.45, 2.75) is 12.2 Å². The SMILES string of the molecule is COCCCSCc1ccc(C(=O)O)c(OC)c1. The number of ether oxygens (including phenoxy) is 2. The van der Waals surface area contributed by atoms with Crippen molar-refractivity contribution in [1.82, 2.24) is 0 Å². The smallest absolute Gasteiger partial charge is 0.339 e. The van der Waals surface area contributed by atoms with E-state index in [1.807, 2.05) is 6.07 Å². The highest BCUT2D eigenvalue weighted by molar-refractivity contribution is 7.98. The first-order valence-electron chi connectivity index (χ1n) is 5.66. The van der Waals surface area contributed by atoms with Crippen LogP contribution < -0.4 is 4.74 Å². The molecule has 1 N–H and O–H groups in total. The van der Waals surface area contributed by atoms with Crippen molar-refractivity contribution < 1.29 is 19.4 Å². The van der Waals surface area contributed by atoms with Crippen molar-refractivity contribution in [2.75, 3.05) is 26.6 Å². The van der Waals surface area contributed by atoms with Gasteiger partial charge in [-0.25, -0.2) is 4.79 Å². The molecule has 1 aromatic carbocycles. The summed E-state index contributed by atoms with van der Waals surface area (Å²) >= 11 is 1.80. The topological polar surface area (TPSA) is 55.8 Å². The Morgan fingerprint density at radius 3 is 2.78 bits per heavy atom. The molecule has 0 atom stereocenters. The highest BCUT2D eigenvalue weighted by Crippen LogP contribution is 2.23. The van der Waals surface area contributed by atoms with Gasteiger partial charge < -0.3 is 14.6 Å². The molecule has 0 heterocycles. The molecule has 0 unspecified atom stereocenters. The van der Waals surface area contributed by atoms with Gasteiger partial charge in [0.1, 0.15) is 11.3 Å². The van der Waals surface area contributed by atoms with Gasteiger partial charge in [-0.15, -0.1) is 0 Å². The van der Waals surface area contributed by atoms with E-state index in [4.69, 9.17) is 14.6 Å². The fourth-order valence-corrected chi connectivity index (χ4v) is 2.38. The fraction of sp³-hybridized carbons (Fsp3) is 0.462. The molecular formula is C13H18O4S. The highest BCUT2D eigenvalue weighted by Gasteiger charge is 2.10. The summed E-state index contributed by atoms with van der Waals surface area (Å²) in [5.41, 5.74) is 1.27. The number of carboxylic acid groups (broad SMARTS) is 1. The summed E-state index contributed by atoms with van der Waals surface area (Å²) in [7, 11) is 3.18. The Balaban J connectivity index is 2.54. The van der Waals surface area contributed by atoms with Crippen LogP contribution >= 0.6 is 11.8 Å². The Bertz CT molecular complexity index is 393. The van der Waals surface area contributed by atoms with E-state index >= 15 is 0 Å². The van der Waals surface area contributed by atoms with Crippen LogP contribution in [0.5, 0.6) is 5.75 Å². The molecule has 0 aromatic heterocycles. The number of aromatic carboxylic acids is 1. The van der Waals surface area contributed by atoms with E-state index < -0.39 is 5.97 Å². The largest absolute Gasteiger partial charge is 0.496 e. The molecule has 100 valence electrons. The van der Waals surface area contributed by atoms with E-state index in [1.54, 1.807) is 31.0 Å². The molecule has 0 aliphatic rings. The summed E-state index contributed by atoms with van der Waals surface area (Å²) in [5.74, 6) is 1.32. The molecule has 1 aromatic rings. The van der Waals surface area contributed by atoms with Gasteiger partial charge in [0.25, 0.3) is 0 Å². The average Bonchev–Trinajstić information content (AvgIpc) is 2.38. The molecule has 0 saturated carbocycles. The maximum Gasteiger partial charge on any atom is 0.339 e. The minimum atomic E-state index is -0.967. The Morgan fingerprint density at radius 1 is 1.39 bits per heavy atom. The second-order valence-corrected chi connectivity index (χ2v) is 4.84. The molecule has 0 radical (unpaired) electrons. The molecule has 0 spiro atoms. The number of carbonyl (C=O) groups is 1. The molecular weight excluding hydrogens is 252 g/mol. The van der Waals surface area contributed by atoms with Crippen LogP contribution in [0.2, 0.25) is 0 Å². The molecule has 4 nitrogen and oxygen atoms in total. The number of benzene rings is 1. The Labute approximate surface area is 111 Å². The maximum absolute atomic E-state index is 10.9. The molecule has 0 fully saturated rings. The van der Waals surface area contributed by atoms with Gasteiger partial charge in [-0.05, 0) is 29.9 Å². The molecule has 1 rings (SSSR count). The second kappa shape index (κ2) is 8.00. The quantitative estimate of drug-likeness (QED) is 0.736. The second-order valence-electron chi connectivity index (χ2n) is 3.74. The van der Waals surface area contributed by atoms with Crippen LogP contribution in [0.1, 0.15) is 22.3 Å². The first kappa shape index (κ1) is 14.9. The van der Waals surface area contributed by atoms with Gasteiger partial charge in [0.15, 0.2) is 0 Å². The monoisotopic (exact) mass is 270 g/mol. The summed E-state index contributed by atoms with van der Waals surface area (Å²) in [4.78, 5) is 10.9. The zero-order valence-corrected chi connectivity index (χ0v) is 11.5. The van der Waals surface area contributed by atoms with Crippen LogP contribution in [0.4, 0.5) is 0 Å². The Morgan fingerprint density at radius 2 is 2.17 bits per heavy atom. The molecule has 0 amide bonds. The first-order chi connectivity index (χ1) is 8.69. The number of hydrogen-bond acceptors (Lipinski definition) is 4. The van der Waals surface area contributed by atoms with Gasteiger partial charge in [0, 0.05) is 19.5 Å². The van der Waals surface area contributed by atoms with Crippen LogP contribution in [0.25, 0.3) is 0 Å². The van der Waals surface area contributed by atoms with Gasteiger partial charge >= 0.3 is 5.97 Å². The van der Waals surface area contributed by atoms with Crippen LogP contribution in [-0.4, -0.2) is 37.7 Å². The number of thioether (sulfide) groups is 1. The number of methoxy groups -OCH3 is 2. The van der Waals surface area contributed by atoms with Crippen LogP contribution in [-0.2, 0) is 10.5 Å². The van der Waals surface area contributed by atoms with Crippen molar-refractivity contribution in [3.63, 3.8) is 0 Å². The third-order valence-electron chi connectivity index (χ3n) is 2.40. The van der Waals surface area contributed by atoms with Crippen molar-refractivity contribution in [3.8, 4) is 5.75 Å². The Hall–Kier alpha value is -1.20. The lowest BCUT2D eigenvalue weighted by molar-refractivity contribution is 0.0693. The van der Waals surface area contributed by atoms with E-state index in [0.29, 0.717) is 5.75 Å². The van der Waals surface area contributed by atoms with E-state index in [-0.39, 0.29) is 5.56 Å². The zero-order chi connectivity index (χ0) is 13.4. The summed E-state index contributed by atoms with van der Waals surface area (Å²) in [6, 6.07) is 5.20. The molecule has 0 saturated heterocycles. The minimum absolute atomic E-state index is 0.200. The minimum Gasteiger partial charge on any atom is -0.496 e. The van der Waals surface area contributed by atoms with Gasteiger partial charge in [-0.1, -0.05) is 6.07 Å². The molecule has 18 heavy (non-hydrogen) atoms. The van der Waals surface area contributed by atoms with Gasteiger partial charge in [-0.2, -0.15) is 11.8 Å². The van der Waals surface area contributed by atoms with Crippen LogP contribution in [0.3, 0.4) is 0 Å².